The van der Waals surface area contributed by atoms with Crippen LogP contribution in [0.3, 0.4) is 0 Å². The molecule has 4 rings (SSSR count). The van der Waals surface area contributed by atoms with Gasteiger partial charge in [-0.1, -0.05) is 42.1 Å². The molecule has 0 aliphatic rings. The van der Waals surface area contributed by atoms with Crippen molar-refractivity contribution < 1.29 is 28.9 Å². The molecule has 0 spiro atoms. The van der Waals surface area contributed by atoms with Gasteiger partial charge < -0.3 is 19.3 Å². The van der Waals surface area contributed by atoms with E-state index in [2.05, 4.69) is 20.7 Å². The van der Waals surface area contributed by atoms with E-state index in [1.54, 1.807) is 24.3 Å². The summed E-state index contributed by atoms with van der Waals surface area (Å²) in [6, 6.07) is 19.2. The lowest BCUT2D eigenvalue weighted by Gasteiger charge is -2.15. The van der Waals surface area contributed by atoms with Gasteiger partial charge in [0.25, 0.3) is 5.91 Å². The van der Waals surface area contributed by atoms with Crippen molar-refractivity contribution in [2.24, 2.45) is 5.10 Å². The summed E-state index contributed by atoms with van der Waals surface area (Å²) in [6.07, 6.45) is 1.43. The fraction of sp³-hybridized carbons (Fsp3) is 0.148. The molecule has 11 nitrogen and oxygen atoms in total. The van der Waals surface area contributed by atoms with E-state index in [4.69, 9.17) is 19.3 Å². The van der Waals surface area contributed by atoms with Gasteiger partial charge in [0.15, 0.2) is 22.5 Å². The summed E-state index contributed by atoms with van der Waals surface area (Å²) in [7, 11) is 4.61. The number of ether oxygens (including phenoxy) is 3. The number of amides is 1. The van der Waals surface area contributed by atoms with Gasteiger partial charge in [0.1, 0.15) is 0 Å². The van der Waals surface area contributed by atoms with Crippen LogP contribution in [-0.2, 0) is 4.79 Å². The molecule has 0 saturated heterocycles. The molecular formula is C27H25N5O6S. The molecule has 1 amide bonds. The van der Waals surface area contributed by atoms with E-state index in [0.717, 1.165) is 5.69 Å². The van der Waals surface area contributed by atoms with Crippen molar-refractivity contribution in [3.8, 4) is 34.3 Å². The molecule has 39 heavy (non-hydrogen) atoms. The quantitative estimate of drug-likeness (QED) is 0.163. The zero-order valence-electron chi connectivity index (χ0n) is 21.3. The van der Waals surface area contributed by atoms with Crippen molar-refractivity contribution in [2.45, 2.75) is 5.16 Å². The van der Waals surface area contributed by atoms with Gasteiger partial charge in [0, 0.05) is 11.3 Å². The van der Waals surface area contributed by atoms with Gasteiger partial charge in [0.05, 0.1) is 38.9 Å². The van der Waals surface area contributed by atoms with E-state index < -0.39 is 5.97 Å². The first kappa shape index (κ1) is 27.2. The molecule has 200 valence electrons. The number of carboxylic acid groups (broad SMARTS) is 1. The van der Waals surface area contributed by atoms with Crippen LogP contribution in [0, 0.1) is 0 Å². The van der Waals surface area contributed by atoms with Crippen LogP contribution in [0.15, 0.2) is 77.0 Å². The standard InChI is InChI=1S/C27H25N5O6S/c1-36-21-13-19(14-22(37-2)24(21)38-3)25-30-31-27(32(25)20-7-5-4-6-8-20)39-16-23(33)29-28-15-17-9-11-18(12-10-17)26(34)35/h4-15H,16H2,1-3H3,(H,29,33)(H,34,35). The van der Waals surface area contributed by atoms with Crippen LogP contribution in [-0.4, -0.2) is 65.0 Å². The zero-order chi connectivity index (χ0) is 27.8. The first-order chi connectivity index (χ1) is 18.9. The largest absolute Gasteiger partial charge is 0.493 e. The topological polar surface area (TPSA) is 137 Å². The first-order valence-corrected chi connectivity index (χ1v) is 12.5. The molecule has 3 aromatic carbocycles. The summed E-state index contributed by atoms with van der Waals surface area (Å²) in [5, 5.41) is 22.2. The third kappa shape index (κ3) is 6.36. The van der Waals surface area contributed by atoms with E-state index in [1.807, 2.05) is 34.9 Å². The van der Waals surface area contributed by atoms with Gasteiger partial charge in [-0.15, -0.1) is 10.2 Å². The molecule has 1 aromatic heterocycles. The van der Waals surface area contributed by atoms with Crippen molar-refractivity contribution in [1.82, 2.24) is 20.2 Å². The van der Waals surface area contributed by atoms with Crippen LogP contribution in [0.5, 0.6) is 17.2 Å². The Morgan fingerprint density at radius 1 is 0.974 bits per heavy atom. The van der Waals surface area contributed by atoms with Crippen molar-refractivity contribution in [2.75, 3.05) is 27.1 Å². The minimum atomic E-state index is -1.01. The van der Waals surface area contributed by atoms with Crippen molar-refractivity contribution >= 4 is 29.9 Å². The molecule has 1 heterocycles. The van der Waals surface area contributed by atoms with Crippen molar-refractivity contribution in [3.63, 3.8) is 0 Å². The Bertz CT molecular complexity index is 1460. The number of rotatable bonds is 11. The number of nitrogens with one attached hydrogen (secondary N) is 1. The van der Waals surface area contributed by atoms with Crippen LogP contribution in [0.1, 0.15) is 15.9 Å². The summed E-state index contributed by atoms with van der Waals surface area (Å²) in [5.41, 5.74) is 4.76. The summed E-state index contributed by atoms with van der Waals surface area (Å²) in [6.45, 7) is 0. The van der Waals surface area contributed by atoms with Gasteiger partial charge in [-0.25, -0.2) is 10.2 Å². The second kappa shape index (κ2) is 12.6. The normalized spacial score (nSPS) is 10.8. The average Bonchev–Trinajstić information content (AvgIpc) is 3.40. The number of carbonyl (C=O) groups is 2. The molecule has 0 aliphatic carbocycles. The molecule has 0 fully saturated rings. The molecule has 0 bridgehead atoms. The van der Waals surface area contributed by atoms with E-state index in [-0.39, 0.29) is 17.2 Å². The molecule has 0 radical (unpaired) electrons. The number of nitrogens with zero attached hydrogens (tertiary/aromatic N) is 4. The number of thioether (sulfide) groups is 1. The summed E-state index contributed by atoms with van der Waals surface area (Å²) in [5.74, 6) is 0.577. The number of methoxy groups -OCH3 is 3. The number of carbonyl (C=O) groups excluding carboxylic acids is 1. The summed E-state index contributed by atoms with van der Waals surface area (Å²) < 4.78 is 18.3. The highest BCUT2D eigenvalue weighted by molar-refractivity contribution is 7.99. The highest BCUT2D eigenvalue weighted by atomic mass is 32.2. The Labute approximate surface area is 228 Å². The van der Waals surface area contributed by atoms with Crippen LogP contribution in [0.2, 0.25) is 0 Å². The average molecular weight is 548 g/mol. The fourth-order valence-electron chi connectivity index (χ4n) is 3.62. The maximum absolute atomic E-state index is 12.5. The molecule has 0 saturated carbocycles. The molecule has 2 N–H and O–H groups in total. The third-order valence-corrected chi connectivity index (χ3v) is 6.39. The Hall–Kier alpha value is -4.84. The molecule has 4 aromatic rings. The number of hydrogen-bond donors (Lipinski definition) is 2. The van der Waals surface area contributed by atoms with Crippen LogP contribution < -0.4 is 19.6 Å². The highest BCUT2D eigenvalue weighted by Crippen LogP contribution is 2.41. The van der Waals surface area contributed by atoms with Crippen LogP contribution in [0.4, 0.5) is 0 Å². The van der Waals surface area contributed by atoms with E-state index >= 15 is 0 Å². The molecule has 0 aliphatic heterocycles. The summed E-state index contributed by atoms with van der Waals surface area (Å²) >= 11 is 1.20. The second-order valence-electron chi connectivity index (χ2n) is 7.90. The number of aromatic carboxylic acids is 1. The second-order valence-corrected chi connectivity index (χ2v) is 8.84. The fourth-order valence-corrected chi connectivity index (χ4v) is 4.37. The van der Waals surface area contributed by atoms with Gasteiger partial charge >= 0.3 is 5.97 Å². The maximum atomic E-state index is 12.5. The van der Waals surface area contributed by atoms with Gasteiger partial charge in [-0.05, 0) is 42.0 Å². The van der Waals surface area contributed by atoms with Crippen LogP contribution >= 0.6 is 11.8 Å². The number of carboxylic acids is 1. The lowest BCUT2D eigenvalue weighted by Crippen LogP contribution is -2.20. The Kier molecular flexibility index (Phi) is 8.79. The lowest BCUT2D eigenvalue weighted by molar-refractivity contribution is -0.118. The molecule has 12 heteroatoms. The zero-order valence-corrected chi connectivity index (χ0v) is 22.1. The number of aromatic nitrogens is 3. The smallest absolute Gasteiger partial charge is 0.335 e. The van der Waals surface area contributed by atoms with Crippen molar-refractivity contribution in [1.29, 1.82) is 0 Å². The molecule has 0 unspecified atom stereocenters. The van der Waals surface area contributed by atoms with E-state index in [1.165, 1.54) is 51.4 Å². The predicted octanol–water partition coefficient (Wildman–Crippen LogP) is 3.90. The number of hydrogen-bond acceptors (Lipinski definition) is 9. The van der Waals surface area contributed by atoms with E-state index in [0.29, 0.717) is 39.4 Å². The summed E-state index contributed by atoms with van der Waals surface area (Å²) in [4.78, 5) is 23.4. The van der Waals surface area contributed by atoms with Gasteiger partial charge in [-0.3, -0.25) is 9.36 Å². The number of benzene rings is 3. The number of para-hydroxylation sites is 1. The molecular weight excluding hydrogens is 522 g/mol. The highest BCUT2D eigenvalue weighted by Gasteiger charge is 2.21. The number of hydrazone groups is 1. The molecule has 0 atom stereocenters. The Morgan fingerprint density at radius 2 is 1.64 bits per heavy atom. The van der Waals surface area contributed by atoms with Crippen LogP contribution in [0.25, 0.3) is 17.1 Å². The minimum Gasteiger partial charge on any atom is -0.493 e. The SMILES string of the molecule is COc1cc(-c2nnc(SCC(=O)NN=Cc3ccc(C(=O)O)cc3)n2-c2ccccc2)cc(OC)c1OC. The lowest BCUT2D eigenvalue weighted by atomic mass is 10.1. The first-order valence-electron chi connectivity index (χ1n) is 11.5. The van der Waals surface area contributed by atoms with Crippen molar-refractivity contribution in [3.05, 3.63) is 77.9 Å². The maximum Gasteiger partial charge on any atom is 0.335 e. The Balaban J connectivity index is 1.55. The predicted molar refractivity (Wildman–Crippen MR) is 146 cm³/mol. The van der Waals surface area contributed by atoms with Gasteiger partial charge in [-0.2, -0.15) is 5.10 Å². The monoisotopic (exact) mass is 547 g/mol. The Morgan fingerprint density at radius 3 is 2.23 bits per heavy atom. The van der Waals surface area contributed by atoms with Gasteiger partial charge in [0.2, 0.25) is 5.75 Å². The van der Waals surface area contributed by atoms with E-state index in [9.17, 15) is 9.59 Å². The minimum absolute atomic E-state index is 0.0233. The third-order valence-electron chi connectivity index (χ3n) is 5.46.